The molecule has 3 aromatic rings. The molecule has 0 aliphatic carbocycles. The first-order valence-electron chi connectivity index (χ1n) is 5.73. The molecule has 0 amide bonds. The van der Waals surface area contributed by atoms with Gasteiger partial charge in [-0.3, -0.25) is 4.57 Å². The highest BCUT2D eigenvalue weighted by Crippen LogP contribution is 2.25. The van der Waals surface area contributed by atoms with Crippen LogP contribution >= 0.6 is 23.8 Å². The summed E-state index contributed by atoms with van der Waals surface area (Å²) < 4.78 is 16.0. The molecule has 0 fully saturated rings. The number of aryl methyl sites for hydroxylation is 1. The van der Waals surface area contributed by atoms with Gasteiger partial charge >= 0.3 is 0 Å². The molecule has 2 nitrogen and oxygen atoms in total. The predicted octanol–water partition coefficient (Wildman–Crippen LogP) is 4.79. The van der Waals surface area contributed by atoms with E-state index in [-0.39, 0.29) is 5.02 Å². The molecule has 1 aromatic heterocycles. The van der Waals surface area contributed by atoms with E-state index in [4.69, 9.17) is 23.8 Å². The summed E-state index contributed by atoms with van der Waals surface area (Å²) in [5.41, 5.74) is 3.61. The maximum absolute atomic E-state index is 13.6. The monoisotopic (exact) mass is 292 g/mol. The van der Waals surface area contributed by atoms with E-state index in [0.29, 0.717) is 10.5 Å². The molecule has 96 valence electrons. The molecule has 0 aliphatic rings. The number of halogens is 2. The van der Waals surface area contributed by atoms with Crippen molar-refractivity contribution in [1.29, 1.82) is 0 Å². The van der Waals surface area contributed by atoms with E-state index in [2.05, 4.69) is 4.98 Å². The van der Waals surface area contributed by atoms with Crippen LogP contribution in [0.5, 0.6) is 0 Å². The molecule has 0 unspecified atom stereocenters. The highest BCUT2D eigenvalue weighted by atomic mass is 35.5. The van der Waals surface area contributed by atoms with Crippen LogP contribution in [0, 0.1) is 17.5 Å². The summed E-state index contributed by atoms with van der Waals surface area (Å²) >= 11 is 11.0. The maximum atomic E-state index is 13.6. The third-order valence-corrected chi connectivity index (χ3v) is 3.66. The van der Waals surface area contributed by atoms with Crippen LogP contribution in [0.1, 0.15) is 5.56 Å². The average Bonchev–Trinajstić information content (AvgIpc) is 2.70. The second-order valence-electron chi connectivity index (χ2n) is 4.34. The van der Waals surface area contributed by atoms with Crippen LogP contribution in [-0.2, 0) is 0 Å². The molecule has 0 saturated carbocycles. The molecular weight excluding hydrogens is 283 g/mol. The first kappa shape index (κ1) is 12.4. The molecule has 3 rings (SSSR count). The molecule has 0 spiro atoms. The fourth-order valence-corrected chi connectivity index (χ4v) is 2.62. The SMILES string of the molecule is Cc1cccc2[nH]c(=S)n(-c3ccc(Cl)c(F)c3)c12. The number of benzene rings is 2. The number of fused-ring (bicyclic) bond motifs is 1. The Morgan fingerprint density at radius 2 is 2.05 bits per heavy atom. The minimum Gasteiger partial charge on any atom is -0.330 e. The predicted molar refractivity (Wildman–Crippen MR) is 78.2 cm³/mol. The van der Waals surface area contributed by atoms with Crippen molar-refractivity contribution >= 4 is 34.9 Å². The molecule has 2 aromatic carbocycles. The van der Waals surface area contributed by atoms with E-state index in [1.165, 1.54) is 12.1 Å². The van der Waals surface area contributed by atoms with Crippen molar-refractivity contribution < 1.29 is 4.39 Å². The number of aromatic amines is 1. The van der Waals surface area contributed by atoms with E-state index in [9.17, 15) is 4.39 Å². The smallest absolute Gasteiger partial charge is 0.182 e. The molecule has 0 radical (unpaired) electrons. The average molecular weight is 293 g/mol. The van der Waals surface area contributed by atoms with Crippen LogP contribution in [0.3, 0.4) is 0 Å². The van der Waals surface area contributed by atoms with Crippen LogP contribution in [0.4, 0.5) is 4.39 Å². The Balaban J connectivity index is 2.39. The third-order valence-electron chi connectivity index (χ3n) is 3.07. The van der Waals surface area contributed by atoms with Crippen LogP contribution in [-0.4, -0.2) is 9.55 Å². The van der Waals surface area contributed by atoms with Crippen LogP contribution in [0.15, 0.2) is 36.4 Å². The number of para-hydroxylation sites is 1. The Bertz CT molecular complexity index is 835. The molecular formula is C14H10ClFN2S. The Labute approximate surface area is 119 Å². The van der Waals surface area contributed by atoms with Gasteiger partial charge in [-0.1, -0.05) is 23.7 Å². The normalized spacial score (nSPS) is 11.1. The summed E-state index contributed by atoms with van der Waals surface area (Å²) in [6.45, 7) is 1.99. The van der Waals surface area contributed by atoms with Gasteiger partial charge in [0.2, 0.25) is 0 Å². The maximum Gasteiger partial charge on any atom is 0.182 e. The van der Waals surface area contributed by atoms with Gasteiger partial charge in [0.1, 0.15) is 5.82 Å². The van der Waals surface area contributed by atoms with E-state index in [1.54, 1.807) is 6.07 Å². The zero-order chi connectivity index (χ0) is 13.6. The Morgan fingerprint density at radius 1 is 1.26 bits per heavy atom. The van der Waals surface area contributed by atoms with E-state index >= 15 is 0 Å². The number of rotatable bonds is 1. The molecule has 5 heteroatoms. The summed E-state index contributed by atoms with van der Waals surface area (Å²) in [6, 6.07) is 10.6. The Kier molecular flexibility index (Phi) is 2.92. The molecule has 1 N–H and O–H groups in total. The number of imidazole rings is 1. The second-order valence-corrected chi connectivity index (χ2v) is 5.13. The van der Waals surface area contributed by atoms with Crippen LogP contribution in [0.25, 0.3) is 16.7 Å². The lowest BCUT2D eigenvalue weighted by Gasteiger charge is -2.07. The van der Waals surface area contributed by atoms with Crippen molar-refractivity contribution in [3.8, 4) is 5.69 Å². The molecule has 1 heterocycles. The Hall–Kier alpha value is -1.65. The number of nitrogens with one attached hydrogen (secondary N) is 1. The topological polar surface area (TPSA) is 20.7 Å². The largest absolute Gasteiger partial charge is 0.330 e. The van der Waals surface area contributed by atoms with Crippen molar-refractivity contribution in [2.45, 2.75) is 6.92 Å². The fourth-order valence-electron chi connectivity index (χ4n) is 2.20. The highest BCUT2D eigenvalue weighted by molar-refractivity contribution is 7.71. The summed E-state index contributed by atoms with van der Waals surface area (Å²) in [5, 5.41) is 0.104. The lowest BCUT2D eigenvalue weighted by Crippen LogP contribution is -1.96. The van der Waals surface area contributed by atoms with Gasteiger partial charge in [-0.25, -0.2) is 4.39 Å². The zero-order valence-corrected chi connectivity index (χ0v) is 11.6. The van der Waals surface area contributed by atoms with E-state index < -0.39 is 5.82 Å². The minimum absolute atomic E-state index is 0.104. The first-order chi connectivity index (χ1) is 9.08. The summed E-state index contributed by atoms with van der Waals surface area (Å²) in [5.74, 6) is -0.455. The number of hydrogen-bond donors (Lipinski definition) is 1. The molecule has 0 aliphatic heterocycles. The van der Waals surface area contributed by atoms with Gasteiger partial charge in [0.25, 0.3) is 0 Å². The highest BCUT2D eigenvalue weighted by Gasteiger charge is 2.10. The van der Waals surface area contributed by atoms with Gasteiger partial charge < -0.3 is 4.98 Å². The summed E-state index contributed by atoms with van der Waals surface area (Å²) in [6.07, 6.45) is 0. The fraction of sp³-hybridized carbons (Fsp3) is 0.0714. The number of nitrogens with zero attached hydrogens (tertiary/aromatic N) is 1. The van der Waals surface area contributed by atoms with Gasteiger partial charge in [0, 0.05) is 0 Å². The van der Waals surface area contributed by atoms with Gasteiger partial charge in [-0.15, -0.1) is 0 Å². The number of H-pyrrole nitrogens is 1. The lowest BCUT2D eigenvalue weighted by molar-refractivity contribution is 0.627. The van der Waals surface area contributed by atoms with Crippen LogP contribution in [0.2, 0.25) is 5.02 Å². The van der Waals surface area contributed by atoms with Gasteiger partial charge in [-0.05, 0) is 49.0 Å². The lowest BCUT2D eigenvalue weighted by atomic mass is 10.2. The molecule has 19 heavy (non-hydrogen) atoms. The van der Waals surface area contributed by atoms with Crippen molar-refractivity contribution in [1.82, 2.24) is 9.55 Å². The number of hydrogen-bond acceptors (Lipinski definition) is 1. The molecule has 0 atom stereocenters. The van der Waals surface area contributed by atoms with E-state index in [1.807, 2.05) is 29.7 Å². The quantitative estimate of drug-likeness (QED) is 0.640. The summed E-state index contributed by atoms with van der Waals surface area (Å²) in [4.78, 5) is 3.12. The molecule has 0 bridgehead atoms. The van der Waals surface area contributed by atoms with Gasteiger partial charge in [0.15, 0.2) is 4.77 Å². The van der Waals surface area contributed by atoms with Gasteiger partial charge in [-0.2, -0.15) is 0 Å². The second kappa shape index (κ2) is 4.47. The first-order valence-corrected chi connectivity index (χ1v) is 6.52. The van der Waals surface area contributed by atoms with Crippen molar-refractivity contribution in [3.63, 3.8) is 0 Å². The third kappa shape index (κ3) is 1.97. The van der Waals surface area contributed by atoms with Crippen molar-refractivity contribution in [2.75, 3.05) is 0 Å². The van der Waals surface area contributed by atoms with Crippen molar-refractivity contribution in [3.05, 3.63) is 57.6 Å². The van der Waals surface area contributed by atoms with E-state index in [0.717, 1.165) is 16.6 Å². The Morgan fingerprint density at radius 3 is 2.79 bits per heavy atom. The van der Waals surface area contributed by atoms with Gasteiger partial charge in [0.05, 0.1) is 21.7 Å². The summed E-state index contributed by atoms with van der Waals surface area (Å²) in [7, 11) is 0. The standard InChI is InChI=1S/C14H10ClFN2S/c1-8-3-2-4-12-13(8)18(14(19)17-12)9-5-6-10(15)11(16)7-9/h2-7H,1H3,(H,17,19). The zero-order valence-electron chi connectivity index (χ0n) is 10.1. The minimum atomic E-state index is -0.455. The number of aromatic nitrogens is 2. The van der Waals surface area contributed by atoms with Crippen LogP contribution < -0.4 is 0 Å². The van der Waals surface area contributed by atoms with Crippen molar-refractivity contribution in [2.24, 2.45) is 0 Å². The molecule has 0 saturated heterocycles.